The summed E-state index contributed by atoms with van der Waals surface area (Å²) in [4.78, 5) is 38.1. The first kappa shape index (κ1) is 21.1. The molecule has 0 aromatic heterocycles. The van der Waals surface area contributed by atoms with Crippen molar-refractivity contribution in [2.75, 3.05) is 23.1 Å². The minimum absolute atomic E-state index is 0.0779. The van der Waals surface area contributed by atoms with Gasteiger partial charge in [-0.2, -0.15) is 0 Å². The van der Waals surface area contributed by atoms with Gasteiger partial charge in [0.1, 0.15) is 11.6 Å². The van der Waals surface area contributed by atoms with E-state index in [1.165, 1.54) is 37.1 Å². The van der Waals surface area contributed by atoms with Gasteiger partial charge in [-0.25, -0.2) is 9.29 Å². The van der Waals surface area contributed by atoms with E-state index in [0.717, 1.165) is 4.90 Å². The summed E-state index contributed by atoms with van der Waals surface area (Å²) in [7, 11) is 1.54. The average Bonchev–Trinajstić information content (AvgIpc) is 2.98. The van der Waals surface area contributed by atoms with E-state index in [0.29, 0.717) is 22.9 Å². The summed E-state index contributed by atoms with van der Waals surface area (Å²) in [5.41, 5.74) is 0.888. The predicted octanol–water partition coefficient (Wildman–Crippen LogP) is 3.88. The van der Waals surface area contributed by atoms with Crippen LogP contribution in [0.5, 0.6) is 5.75 Å². The van der Waals surface area contributed by atoms with Crippen LogP contribution in [0.1, 0.15) is 12.8 Å². The molecule has 1 N–H and O–H groups in total. The van der Waals surface area contributed by atoms with E-state index in [1.807, 2.05) is 0 Å². The number of ether oxygens (including phenoxy) is 1. The molecule has 0 unspecified atom stereocenters. The second kappa shape index (κ2) is 9.28. The third kappa shape index (κ3) is 5.07. The molecule has 3 rings (SSSR count). The number of methoxy groups -OCH3 is 1. The zero-order valence-electron chi connectivity index (χ0n) is 15.5. The van der Waals surface area contributed by atoms with Gasteiger partial charge in [0.2, 0.25) is 17.7 Å². The number of amides is 3. The predicted molar refractivity (Wildman–Crippen MR) is 111 cm³/mol. The molecule has 1 aliphatic heterocycles. The number of hydrogen-bond acceptors (Lipinski definition) is 5. The number of anilines is 2. The standard InChI is InChI=1S/C20H18ClFN2O4S/c1-28-14-5-3-13(4-6-14)24-19(26)11-17(20(24)27)29-9-8-18(25)23-12-2-7-16(22)15(21)10-12/h2-7,10,17H,8-9,11H2,1H3,(H,23,25)/t17-/m0/s1. The molecule has 29 heavy (non-hydrogen) atoms. The Hall–Kier alpha value is -2.58. The highest BCUT2D eigenvalue weighted by Crippen LogP contribution is 2.31. The van der Waals surface area contributed by atoms with Gasteiger partial charge in [-0.3, -0.25) is 14.4 Å². The fourth-order valence-corrected chi connectivity index (χ4v) is 4.10. The number of thioether (sulfide) groups is 1. The highest BCUT2D eigenvalue weighted by atomic mass is 35.5. The van der Waals surface area contributed by atoms with Crippen LogP contribution in [0.3, 0.4) is 0 Å². The summed E-state index contributed by atoms with van der Waals surface area (Å²) in [6, 6.07) is 10.6. The molecule has 1 atom stereocenters. The molecule has 6 nitrogen and oxygen atoms in total. The van der Waals surface area contributed by atoms with Crippen LogP contribution in [0.2, 0.25) is 5.02 Å². The largest absolute Gasteiger partial charge is 0.497 e. The molecule has 1 aliphatic rings. The van der Waals surface area contributed by atoms with Crippen molar-refractivity contribution in [2.24, 2.45) is 0 Å². The number of benzene rings is 2. The Kier molecular flexibility index (Phi) is 6.76. The SMILES string of the molecule is COc1ccc(N2C(=O)C[C@H](SCCC(=O)Nc3ccc(F)c(Cl)c3)C2=O)cc1. The minimum Gasteiger partial charge on any atom is -0.497 e. The molecule has 0 radical (unpaired) electrons. The Morgan fingerprint density at radius 3 is 2.66 bits per heavy atom. The molecule has 9 heteroatoms. The Balaban J connectivity index is 1.51. The van der Waals surface area contributed by atoms with Crippen molar-refractivity contribution in [3.8, 4) is 5.75 Å². The van der Waals surface area contributed by atoms with Crippen molar-refractivity contribution in [2.45, 2.75) is 18.1 Å². The van der Waals surface area contributed by atoms with Gasteiger partial charge >= 0.3 is 0 Å². The molecule has 152 valence electrons. The van der Waals surface area contributed by atoms with Gasteiger partial charge in [0, 0.05) is 24.3 Å². The van der Waals surface area contributed by atoms with Gasteiger partial charge < -0.3 is 10.1 Å². The lowest BCUT2D eigenvalue weighted by atomic mass is 10.3. The van der Waals surface area contributed by atoms with Crippen molar-refractivity contribution in [3.05, 3.63) is 53.3 Å². The van der Waals surface area contributed by atoms with E-state index in [4.69, 9.17) is 16.3 Å². The first-order chi connectivity index (χ1) is 13.9. The number of carbonyl (C=O) groups is 3. The zero-order valence-corrected chi connectivity index (χ0v) is 17.1. The summed E-state index contributed by atoms with van der Waals surface area (Å²) >= 11 is 6.95. The summed E-state index contributed by atoms with van der Waals surface area (Å²) in [5, 5.41) is 2.02. The highest BCUT2D eigenvalue weighted by molar-refractivity contribution is 8.00. The lowest BCUT2D eigenvalue weighted by Crippen LogP contribution is -2.31. The van der Waals surface area contributed by atoms with Crippen molar-refractivity contribution < 1.29 is 23.5 Å². The average molecular weight is 437 g/mol. The second-order valence-electron chi connectivity index (χ2n) is 6.26. The smallest absolute Gasteiger partial charge is 0.247 e. The Morgan fingerprint density at radius 1 is 1.28 bits per heavy atom. The van der Waals surface area contributed by atoms with Crippen LogP contribution in [0.4, 0.5) is 15.8 Å². The number of halogens is 2. The van der Waals surface area contributed by atoms with Gasteiger partial charge in [-0.15, -0.1) is 11.8 Å². The zero-order chi connectivity index (χ0) is 21.0. The topological polar surface area (TPSA) is 75.7 Å². The molecule has 1 fully saturated rings. The Bertz CT molecular complexity index is 939. The van der Waals surface area contributed by atoms with Crippen LogP contribution in [0.15, 0.2) is 42.5 Å². The lowest BCUT2D eigenvalue weighted by Gasteiger charge is -2.15. The fourth-order valence-electron chi connectivity index (χ4n) is 2.83. The molecule has 0 aliphatic carbocycles. The van der Waals surface area contributed by atoms with Crippen LogP contribution in [-0.2, 0) is 14.4 Å². The van der Waals surface area contributed by atoms with E-state index in [9.17, 15) is 18.8 Å². The van der Waals surface area contributed by atoms with Crippen LogP contribution < -0.4 is 15.0 Å². The van der Waals surface area contributed by atoms with E-state index in [-0.39, 0.29) is 35.6 Å². The number of rotatable bonds is 7. The number of carbonyl (C=O) groups excluding carboxylic acids is 3. The van der Waals surface area contributed by atoms with Crippen molar-refractivity contribution in [3.63, 3.8) is 0 Å². The maximum absolute atomic E-state index is 13.2. The van der Waals surface area contributed by atoms with Gasteiger partial charge in [0.15, 0.2) is 0 Å². The Labute approximate surface area is 176 Å². The first-order valence-corrected chi connectivity index (χ1v) is 10.2. The Morgan fingerprint density at radius 2 is 2.00 bits per heavy atom. The normalized spacial score (nSPS) is 16.2. The van der Waals surface area contributed by atoms with Gasteiger partial charge in [0.25, 0.3) is 0 Å². The van der Waals surface area contributed by atoms with E-state index in [2.05, 4.69) is 5.32 Å². The quantitative estimate of drug-likeness (QED) is 0.666. The maximum Gasteiger partial charge on any atom is 0.247 e. The van der Waals surface area contributed by atoms with E-state index >= 15 is 0 Å². The van der Waals surface area contributed by atoms with Gasteiger partial charge in [-0.1, -0.05) is 11.6 Å². The van der Waals surface area contributed by atoms with Crippen molar-refractivity contribution >= 4 is 52.5 Å². The first-order valence-electron chi connectivity index (χ1n) is 8.76. The summed E-state index contributed by atoms with van der Waals surface area (Å²) in [6.45, 7) is 0. The number of nitrogens with one attached hydrogen (secondary N) is 1. The van der Waals surface area contributed by atoms with Crippen LogP contribution in [0.25, 0.3) is 0 Å². The maximum atomic E-state index is 13.2. The monoisotopic (exact) mass is 436 g/mol. The molecule has 0 bridgehead atoms. The third-order valence-corrected chi connectivity index (χ3v) is 5.79. The molecule has 3 amide bonds. The molecular weight excluding hydrogens is 419 g/mol. The summed E-state index contributed by atoms with van der Waals surface area (Å²) in [6.07, 6.45) is 0.227. The second-order valence-corrected chi connectivity index (χ2v) is 7.97. The number of hydrogen-bond donors (Lipinski definition) is 1. The van der Waals surface area contributed by atoms with Crippen LogP contribution >= 0.6 is 23.4 Å². The van der Waals surface area contributed by atoms with Gasteiger partial charge in [0.05, 0.1) is 23.1 Å². The molecule has 2 aromatic carbocycles. The van der Waals surface area contributed by atoms with E-state index < -0.39 is 11.1 Å². The fraction of sp³-hybridized carbons (Fsp3) is 0.250. The number of imide groups is 1. The van der Waals surface area contributed by atoms with Crippen LogP contribution in [-0.4, -0.2) is 35.8 Å². The van der Waals surface area contributed by atoms with Crippen molar-refractivity contribution in [1.29, 1.82) is 0 Å². The lowest BCUT2D eigenvalue weighted by molar-refractivity contribution is -0.121. The van der Waals surface area contributed by atoms with Gasteiger partial charge in [-0.05, 0) is 42.5 Å². The molecule has 0 spiro atoms. The molecule has 2 aromatic rings. The number of nitrogens with zero attached hydrogens (tertiary/aromatic N) is 1. The van der Waals surface area contributed by atoms with E-state index in [1.54, 1.807) is 24.3 Å². The van der Waals surface area contributed by atoms with Crippen molar-refractivity contribution in [1.82, 2.24) is 0 Å². The minimum atomic E-state index is -0.564. The molecule has 0 saturated carbocycles. The van der Waals surface area contributed by atoms with Crippen LogP contribution in [0, 0.1) is 5.82 Å². The summed E-state index contributed by atoms with van der Waals surface area (Å²) < 4.78 is 18.2. The molecule has 1 saturated heterocycles. The third-order valence-electron chi connectivity index (χ3n) is 4.29. The molecule has 1 heterocycles. The molecular formula is C20H18ClFN2O4S. The summed E-state index contributed by atoms with van der Waals surface area (Å²) in [5.74, 6) is -0.429. The highest BCUT2D eigenvalue weighted by Gasteiger charge is 2.39.